The summed E-state index contributed by atoms with van der Waals surface area (Å²) in [4.78, 5) is 14.3. The lowest BCUT2D eigenvalue weighted by Gasteiger charge is -2.16. The second-order valence-electron chi connectivity index (χ2n) is 4.46. The molecule has 0 saturated heterocycles. The zero-order valence-corrected chi connectivity index (χ0v) is 10.4. The number of nitrogens with zero attached hydrogens (tertiary/aromatic N) is 3. The van der Waals surface area contributed by atoms with Gasteiger partial charge < -0.3 is 4.98 Å². The van der Waals surface area contributed by atoms with Crippen LogP contribution in [0.1, 0.15) is 43.5 Å². The fourth-order valence-electron chi connectivity index (χ4n) is 1.94. The maximum Gasteiger partial charge on any atom is 0.266 e. The standard InChI is InChI=1S/C13H14N4O/c1-8(2)16-17-12-5-3-4-11-10(12)6-9(7-14)13(18)15-11/h6H,3-5H2,1-2H3,(H,15,18)/b17-12+. The summed E-state index contributed by atoms with van der Waals surface area (Å²) in [5.41, 5.74) is 3.22. The molecule has 0 bridgehead atoms. The van der Waals surface area contributed by atoms with Gasteiger partial charge in [0.25, 0.3) is 5.56 Å². The van der Waals surface area contributed by atoms with Gasteiger partial charge in [0, 0.05) is 17.0 Å². The first-order valence-corrected chi connectivity index (χ1v) is 5.86. The zero-order valence-electron chi connectivity index (χ0n) is 10.4. The minimum Gasteiger partial charge on any atom is -0.324 e. The van der Waals surface area contributed by atoms with Crippen LogP contribution in [0.5, 0.6) is 0 Å². The Balaban J connectivity index is 2.56. The van der Waals surface area contributed by atoms with E-state index < -0.39 is 0 Å². The van der Waals surface area contributed by atoms with Crippen molar-refractivity contribution in [2.45, 2.75) is 33.1 Å². The molecule has 5 nitrogen and oxygen atoms in total. The second kappa shape index (κ2) is 4.96. The van der Waals surface area contributed by atoms with Gasteiger partial charge >= 0.3 is 0 Å². The molecule has 0 saturated carbocycles. The topological polar surface area (TPSA) is 81.4 Å². The van der Waals surface area contributed by atoms with E-state index in [-0.39, 0.29) is 11.1 Å². The summed E-state index contributed by atoms with van der Waals surface area (Å²) in [6.07, 6.45) is 2.57. The molecule has 1 aliphatic rings. The van der Waals surface area contributed by atoms with Crippen molar-refractivity contribution < 1.29 is 0 Å². The molecule has 18 heavy (non-hydrogen) atoms. The highest BCUT2D eigenvalue weighted by Crippen LogP contribution is 2.19. The fourth-order valence-corrected chi connectivity index (χ4v) is 1.94. The lowest BCUT2D eigenvalue weighted by Crippen LogP contribution is -2.21. The van der Waals surface area contributed by atoms with Gasteiger partial charge in [-0.3, -0.25) is 4.79 Å². The summed E-state index contributed by atoms with van der Waals surface area (Å²) in [7, 11) is 0. The molecule has 0 fully saturated rings. The molecular formula is C13H14N4O. The Kier molecular flexibility index (Phi) is 3.38. The minimum atomic E-state index is -0.326. The molecule has 0 radical (unpaired) electrons. The third kappa shape index (κ3) is 2.38. The maximum atomic E-state index is 11.5. The van der Waals surface area contributed by atoms with Gasteiger partial charge in [-0.1, -0.05) is 0 Å². The Labute approximate surface area is 105 Å². The van der Waals surface area contributed by atoms with E-state index in [1.165, 1.54) is 0 Å². The van der Waals surface area contributed by atoms with E-state index in [0.29, 0.717) is 0 Å². The Morgan fingerprint density at radius 3 is 2.89 bits per heavy atom. The van der Waals surface area contributed by atoms with Crippen molar-refractivity contribution in [2.75, 3.05) is 0 Å². The Hall–Kier alpha value is -2.22. The van der Waals surface area contributed by atoms with Crippen molar-refractivity contribution in [1.82, 2.24) is 4.98 Å². The van der Waals surface area contributed by atoms with Gasteiger partial charge in [-0.2, -0.15) is 15.5 Å². The van der Waals surface area contributed by atoms with Crippen LogP contribution < -0.4 is 5.56 Å². The van der Waals surface area contributed by atoms with Gasteiger partial charge in [-0.25, -0.2) is 0 Å². The van der Waals surface area contributed by atoms with Crippen molar-refractivity contribution in [3.63, 3.8) is 0 Å². The second-order valence-corrected chi connectivity index (χ2v) is 4.46. The quantitative estimate of drug-likeness (QED) is 0.601. The first kappa shape index (κ1) is 12.2. The lowest BCUT2D eigenvalue weighted by molar-refractivity contribution is 0.799. The van der Waals surface area contributed by atoms with E-state index in [4.69, 9.17) is 5.26 Å². The first-order chi connectivity index (χ1) is 8.61. The number of aryl methyl sites for hydroxylation is 1. The Bertz CT molecular complexity index is 627. The molecule has 1 heterocycles. The van der Waals surface area contributed by atoms with Crippen molar-refractivity contribution in [1.29, 1.82) is 5.26 Å². The molecule has 0 amide bonds. The van der Waals surface area contributed by atoms with E-state index in [1.54, 1.807) is 6.07 Å². The lowest BCUT2D eigenvalue weighted by atomic mass is 9.93. The number of fused-ring (bicyclic) bond motifs is 1. The number of H-pyrrole nitrogens is 1. The average Bonchev–Trinajstić information content (AvgIpc) is 2.35. The van der Waals surface area contributed by atoms with Crippen LogP contribution in [-0.4, -0.2) is 16.4 Å². The summed E-state index contributed by atoms with van der Waals surface area (Å²) < 4.78 is 0. The van der Waals surface area contributed by atoms with Crippen LogP contribution in [0.4, 0.5) is 0 Å². The molecule has 5 heteroatoms. The van der Waals surface area contributed by atoms with Crippen LogP contribution in [0.2, 0.25) is 0 Å². The van der Waals surface area contributed by atoms with Crippen LogP contribution in [0.15, 0.2) is 21.1 Å². The Morgan fingerprint density at radius 2 is 2.22 bits per heavy atom. The van der Waals surface area contributed by atoms with Crippen molar-refractivity contribution >= 4 is 11.4 Å². The number of pyridine rings is 1. The van der Waals surface area contributed by atoms with Gasteiger partial charge in [-0.15, -0.1) is 0 Å². The third-order valence-electron chi connectivity index (χ3n) is 2.77. The number of hydrogen-bond acceptors (Lipinski definition) is 4. The first-order valence-electron chi connectivity index (χ1n) is 5.86. The number of nitrogens with one attached hydrogen (secondary N) is 1. The monoisotopic (exact) mass is 242 g/mol. The minimum absolute atomic E-state index is 0.126. The molecule has 2 rings (SSSR count). The number of hydrogen-bond donors (Lipinski definition) is 1. The molecule has 92 valence electrons. The number of nitriles is 1. The van der Waals surface area contributed by atoms with Gasteiger partial charge in [-0.05, 0) is 39.2 Å². The highest BCUT2D eigenvalue weighted by atomic mass is 16.1. The van der Waals surface area contributed by atoms with Gasteiger partial charge in [0.15, 0.2) is 0 Å². The predicted octanol–water partition coefficient (Wildman–Crippen LogP) is 1.77. The number of aromatic amines is 1. The van der Waals surface area contributed by atoms with Crippen molar-refractivity contribution in [3.8, 4) is 6.07 Å². The van der Waals surface area contributed by atoms with Crippen molar-refractivity contribution in [3.05, 3.63) is 33.2 Å². The van der Waals surface area contributed by atoms with E-state index in [0.717, 1.165) is 41.9 Å². The molecule has 0 unspecified atom stereocenters. The van der Waals surface area contributed by atoms with E-state index >= 15 is 0 Å². The summed E-state index contributed by atoms with van der Waals surface area (Å²) >= 11 is 0. The zero-order chi connectivity index (χ0) is 13.1. The molecule has 0 atom stereocenters. The summed E-state index contributed by atoms with van der Waals surface area (Å²) in [5, 5.41) is 17.1. The van der Waals surface area contributed by atoms with Gasteiger partial charge in [0.2, 0.25) is 0 Å². The number of rotatable bonds is 1. The smallest absolute Gasteiger partial charge is 0.266 e. The molecule has 0 aromatic carbocycles. The largest absolute Gasteiger partial charge is 0.324 e. The predicted molar refractivity (Wildman–Crippen MR) is 70.0 cm³/mol. The molecule has 0 aliphatic heterocycles. The molecule has 1 aromatic rings. The summed E-state index contributed by atoms with van der Waals surface area (Å²) in [6, 6.07) is 3.51. The maximum absolute atomic E-state index is 11.5. The van der Waals surface area contributed by atoms with Crippen molar-refractivity contribution in [2.24, 2.45) is 10.2 Å². The summed E-state index contributed by atoms with van der Waals surface area (Å²) in [5.74, 6) is 0. The molecule has 1 aliphatic carbocycles. The van der Waals surface area contributed by atoms with E-state index in [1.807, 2.05) is 19.9 Å². The fraction of sp³-hybridized carbons (Fsp3) is 0.385. The van der Waals surface area contributed by atoms with Gasteiger partial charge in [0.05, 0.1) is 5.71 Å². The normalized spacial score (nSPS) is 15.9. The number of aromatic nitrogens is 1. The van der Waals surface area contributed by atoms with Crippen LogP contribution in [0.3, 0.4) is 0 Å². The van der Waals surface area contributed by atoms with E-state index in [2.05, 4.69) is 15.2 Å². The SMILES string of the molecule is CC(C)=N/N=C1\CCCc2[nH]c(=O)c(C#N)cc21. The van der Waals surface area contributed by atoms with Gasteiger partial charge in [0.1, 0.15) is 11.6 Å². The van der Waals surface area contributed by atoms with Crippen LogP contribution in [-0.2, 0) is 6.42 Å². The average molecular weight is 242 g/mol. The molecular weight excluding hydrogens is 228 g/mol. The highest BCUT2D eigenvalue weighted by molar-refractivity contribution is 6.02. The third-order valence-corrected chi connectivity index (χ3v) is 2.77. The van der Waals surface area contributed by atoms with Crippen LogP contribution in [0, 0.1) is 11.3 Å². The highest BCUT2D eigenvalue weighted by Gasteiger charge is 2.18. The van der Waals surface area contributed by atoms with Crippen LogP contribution >= 0.6 is 0 Å². The molecule has 1 aromatic heterocycles. The van der Waals surface area contributed by atoms with E-state index in [9.17, 15) is 4.79 Å². The Morgan fingerprint density at radius 1 is 1.44 bits per heavy atom. The summed E-state index contributed by atoms with van der Waals surface area (Å²) in [6.45, 7) is 3.75. The van der Waals surface area contributed by atoms with Crippen LogP contribution in [0.25, 0.3) is 0 Å². The molecule has 1 N–H and O–H groups in total. The molecule has 0 spiro atoms.